The zero-order chi connectivity index (χ0) is 13.1. The highest BCUT2D eigenvalue weighted by molar-refractivity contribution is 5.88. The number of alkyl halides is 3. The first-order valence-corrected chi connectivity index (χ1v) is 5.55. The van der Waals surface area contributed by atoms with E-state index in [-0.39, 0.29) is 37.3 Å². The number of hydrogen-bond donors (Lipinski definition) is 2. The molecule has 0 aromatic heterocycles. The van der Waals surface area contributed by atoms with E-state index in [4.69, 9.17) is 5.73 Å². The molecule has 0 saturated heterocycles. The Morgan fingerprint density at radius 3 is 2.32 bits per heavy atom. The van der Waals surface area contributed by atoms with Gasteiger partial charge in [0.15, 0.2) is 0 Å². The van der Waals surface area contributed by atoms with Crippen molar-refractivity contribution in [3.8, 4) is 0 Å². The highest BCUT2D eigenvalue weighted by Crippen LogP contribution is 2.31. The fraction of sp³-hybridized carbons (Fsp3) is 0.900. The fourth-order valence-corrected chi connectivity index (χ4v) is 1.47. The summed E-state index contributed by atoms with van der Waals surface area (Å²) < 4.78 is 35.9. The molecule has 0 aromatic carbocycles. The molecule has 1 saturated carbocycles. The van der Waals surface area contributed by atoms with Crippen LogP contribution in [0.15, 0.2) is 0 Å². The van der Waals surface area contributed by atoms with Crippen molar-refractivity contribution in [3.05, 3.63) is 0 Å². The fourth-order valence-electron chi connectivity index (χ4n) is 1.47. The van der Waals surface area contributed by atoms with Crippen LogP contribution in [0.4, 0.5) is 13.2 Å². The summed E-state index contributed by atoms with van der Waals surface area (Å²) in [6, 6.07) is 0. The lowest BCUT2D eigenvalue weighted by atomic mass is 10.2. The normalized spacial score (nSPS) is 16.3. The smallest absolute Gasteiger partial charge is 0.354 e. The van der Waals surface area contributed by atoms with Crippen LogP contribution in [-0.4, -0.2) is 49.2 Å². The number of carbonyl (C=O) groups is 1. The van der Waals surface area contributed by atoms with Gasteiger partial charge in [0.25, 0.3) is 0 Å². The van der Waals surface area contributed by atoms with E-state index < -0.39 is 18.3 Å². The molecule has 0 radical (unpaired) electrons. The molecular weight excluding hydrogens is 306 g/mol. The summed E-state index contributed by atoms with van der Waals surface area (Å²) in [7, 11) is 1.40. The monoisotopic (exact) mass is 325 g/mol. The highest BCUT2D eigenvalue weighted by atomic mass is 35.5. The third-order valence-corrected chi connectivity index (χ3v) is 2.69. The lowest BCUT2D eigenvalue weighted by Gasteiger charge is -2.18. The average molecular weight is 326 g/mol. The molecule has 0 unspecified atom stereocenters. The van der Waals surface area contributed by atoms with Crippen LogP contribution in [0.25, 0.3) is 0 Å². The average Bonchev–Trinajstić information content (AvgIpc) is 2.89. The Hall–Kier alpha value is -0.240. The molecule has 1 aliphatic rings. The number of halogens is 5. The Morgan fingerprint density at radius 1 is 1.37 bits per heavy atom. The van der Waals surface area contributed by atoms with Gasteiger partial charge in [0.1, 0.15) is 0 Å². The molecule has 0 aromatic rings. The first kappa shape index (κ1) is 21.1. The minimum atomic E-state index is -4.17. The molecule has 0 spiro atoms. The highest BCUT2D eigenvalue weighted by Gasteiger charge is 2.45. The van der Waals surface area contributed by atoms with Crippen LogP contribution in [0.3, 0.4) is 0 Å². The quantitative estimate of drug-likeness (QED) is 0.724. The maximum Gasteiger partial charge on any atom is 0.401 e. The third kappa shape index (κ3) is 8.52. The van der Waals surface area contributed by atoms with Gasteiger partial charge in [0.05, 0.1) is 12.1 Å². The van der Waals surface area contributed by atoms with E-state index in [9.17, 15) is 18.0 Å². The van der Waals surface area contributed by atoms with E-state index >= 15 is 0 Å². The molecule has 4 nitrogen and oxygen atoms in total. The van der Waals surface area contributed by atoms with Crippen LogP contribution in [0, 0.1) is 0 Å². The van der Waals surface area contributed by atoms with Gasteiger partial charge < -0.3 is 11.1 Å². The first-order valence-electron chi connectivity index (χ1n) is 5.55. The molecule has 9 heteroatoms. The zero-order valence-electron chi connectivity index (χ0n) is 10.6. The summed E-state index contributed by atoms with van der Waals surface area (Å²) in [5.41, 5.74) is 4.93. The van der Waals surface area contributed by atoms with Gasteiger partial charge in [-0.15, -0.1) is 24.8 Å². The Bertz CT molecular complexity index is 286. The van der Waals surface area contributed by atoms with Crippen LogP contribution in [-0.2, 0) is 4.79 Å². The number of rotatable bonds is 6. The van der Waals surface area contributed by atoms with Crippen molar-refractivity contribution in [2.45, 2.75) is 31.0 Å². The van der Waals surface area contributed by atoms with E-state index in [0.717, 1.165) is 0 Å². The summed E-state index contributed by atoms with van der Waals surface area (Å²) in [5.74, 6) is -0.198. The summed E-state index contributed by atoms with van der Waals surface area (Å²) >= 11 is 0. The Morgan fingerprint density at radius 2 is 1.89 bits per heavy atom. The second-order valence-electron chi connectivity index (χ2n) is 4.62. The van der Waals surface area contributed by atoms with Crippen molar-refractivity contribution >= 4 is 30.7 Å². The van der Waals surface area contributed by atoms with Gasteiger partial charge in [-0.3, -0.25) is 9.69 Å². The van der Waals surface area contributed by atoms with Crippen molar-refractivity contribution in [3.63, 3.8) is 0 Å². The molecule has 1 rings (SSSR count). The molecule has 1 aliphatic carbocycles. The maximum absolute atomic E-state index is 12.0. The van der Waals surface area contributed by atoms with Gasteiger partial charge in [0, 0.05) is 6.54 Å². The van der Waals surface area contributed by atoms with Crippen molar-refractivity contribution in [2.75, 3.05) is 26.7 Å². The second kappa shape index (κ2) is 8.14. The summed E-state index contributed by atoms with van der Waals surface area (Å²) in [6.07, 6.45) is -2.32. The Labute approximate surface area is 123 Å². The van der Waals surface area contributed by atoms with Crippen LogP contribution in [0.2, 0.25) is 0 Å². The lowest BCUT2D eigenvalue weighted by Crippen LogP contribution is -2.43. The second-order valence-corrected chi connectivity index (χ2v) is 4.62. The minimum absolute atomic E-state index is 0. The predicted octanol–water partition coefficient (Wildman–Crippen LogP) is 1.32. The molecule has 116 valence electrons. The number of nitrogens with one attached hydrogen (secondary N) is 1. The number of carbonyl (C=O) groups excluding carboxylic acids is 1. The van der Waals surface area contributed by atoms with Crippen molar-refractivity contribution in [1.29, 1.82) is 0 Å². The molecule has 0 atom stereocenters. The van der Waals surface area contributed by atoms with Gasteiger partial charge in [-0.05, 0) is 32.9 Å². The summed E-state index contributed by atoms with van der Waals surface area (Å²) in [4.78, 5) is 12.6. The first-order chi connectivity index (χ1) is 7.73. The van der Waals surface area contributed by atoms with Crippen molar-refractivity contribution < 1.29 is 18.0 Å². The molecule has 19 heavy (non-hydrogen) atoms. The minimum Gasteiger partial charge on any atom is -0.354 e. The van der Waals surface area contributed by atoms with E-state index in [0.29, 0.717) is 25.8 Å². The molecule has 0 bridgehead atoms. The van der Waals surface area contributed by atoms with Gasteiger partial charge >= 0.3 is 6.18 Å². The van der Waals surface area contributed by atoms with Crippen LogP contribution in [0.5, 0.6) is 0 Å². The number of nitrogens with zero attached hydrogens (tertiary/aromatic N) is 1. The number of amides is 1. The molecule has 1 amide bonds. The number of nitrogens with two attached hydrogens (primary N) is 1. The van der Waals surface area contributed by atoms with E-state index in [1.54, 1.807) is 0 Å². The van der Waals surface area contributed by atoms with Crippen molar-refractivity contribution in [2.24, 2.45) is 5.73 Å². The molecular formula is C10H20Cl2F3N3O. The lowest BCUT2D eigenvalue weighted by molar-refractivity contribution is -0.143. The maximum atomic E-state index is 12.0. The predicted molar refractivity (Wildman–Crippen MR) is 71.8 cm³/mol. The molecule has 0 heterocycles. The van der Waals surface area contributed by atoms with Crippen molar-refractivity contribution in [1.82, 2.24) is 10.2 Å². The van der Waals surface area contributed by atoms with Crippen LogP contribution < -0.4 is 11.1 Å². The van der Waals surface area contributed by atoms with Crippen LogP contribution >= 0.6 is 24.8 Å². The topological polar surface area (TPSA) is 58.4 Å². The van der Waals surface area contributed by atoms with E-state index in [1.807, 2.05) is 0 Å². The third-order valence-electron chi connectivity index (χ3n) is 2.69. The number of hydrogen-bond acceptors (Lipinski definition) is 3. The Balaban J connectivity index is 0. The largest absolute Gasteiger partial charge is 0.401 e. The van der Waals surface area contributed by atoms with E-state index in [1.165, 1.54) is 11.9 Å². The SMILES string of the molecule is CN(CCCNC(=O)C1(N)CC1)CC(F)(F)F.Cl.Cl. The Kier molecular flexibility index (Phi) is 9.02. The van der Waals surface area contributed by atoms with Gasteiger partial charge in [-0.1, -0.05) is 0 Å². The molecule has 3 N–H and O–H groups in total. The van der Waals surface area contributed by atoms with E-state index in [2.05, 4.69) is 5.32 Å². The zero-order valence-corrected chi connectivity index (χ0v) is 12.3. The molecule has 0 aliphatic heterocycles. The van der Waals surface area contributed by atoms with Crippen LogP contribution in [0.1, 0.15) is 19.3 Å². The van der Waals surface area contributed by atoms with Gasteiger partial charge in [-0.25, -0.2) is 0 Å². The van der Waals surface area contributed by atoms with Gasteiger partial charge in [0.2, 0.25) is 5.91 Å². The summed E-state index contributed by atoms with van der Waals surface area (Å²) in [6.45, 7) is -0.279. The standard InChI is InChI=1S/C10H18F3N3O.2ClH/c1-16(7-10(11,12)13)6-2-5-15-8(17)9(14)3-4-9;;/h2-7,14H2,1H3,(H,15,17);2*1H. The van der Waals surface area contributed by atoms with Gasteiger partial charge in [-0.2, -0.15) is 13.2 Å². The molecule has 1 fully saturated rings. The summed E-state index contributed by atoms with van der Waals surface area (Å²) in [5, 5.41) is 2.63.